The molecule has 0 atom stereocenters. The van der Waals surface area contributed by atoms with Gasteiger partial charge < -0.3 is 10.1 Å². The smallest absolute Gasteiger partial charge is 0.417 e. The Morgan fingerprint density at radius 1 is 1.39 bits per heavy atom. The van der Waals surface area contributed by atoms with Crippen LogP contribution in [0.3, 0.4) is 0 Å². The summed E-state index contributed by atoms with van der Waals surface area (Å²) >= 11 is 5.67. The lowest BCUT2D eigenvalue weighted by atomic mass is 10.3. The first-order chi connectivity index (χ1) is 8.45. The molecule has 102 valence electrons. The van der Waals surface area contributed by atoms with Gasteiger partial charge in [-0.1, -0.05) is 18.5 Å². The molecule has 0 spiro atoms. The number of nitrogens with zero attached hydrogens (tertiary/aromatic N) is 1. The summed E-state index contributed by atoms with van der Waals surface area (Å²) in [6.45, 7) is 3.78. The van der Waals surface area contributed by atoms with Crippen LogP contribution in [0.2, 0.25) is 5.02 Å². The van der Waals surface area contributed by atoms with Crippen LogP contribution in [0.4, 0.5) is 13.2 Å². The Morgan fingerprint density at radius 2 is 2.11 bits per heavy atom. The molecule has 0 aliphatic rings. The van der Waals surface area contributed by atoms with Crippen LogP contribution in [0.1, 0.15) is 18.9 Å². The Morgan fingerprint density at radius 3 is 2.67 bits per heavy atom. The van der Waals surface area contributed by atoms with Gasteiger partial charge in [0, 0.05) is 12.7 Å². The van der Waals surface area contributed by atoms with Crippen molar-refractivity contribution < 1.29 is 17.9 Å². The zero-order valence-corrected chi connectivity index (χ0v) is 10.6. The van der Waals surface area contributed by atoms with Gasteiger partial charge in [0.25, 0.3) is 0 Å². The first-order valence-electron chi connectivity index (χ1n) is 5.51. The average molecular weight is 283 g/mol. The number of pyridine rings is 1. The number of rotatable bonds is 6. The van der Waals surface area contributed by atoms with Crippen LogP contribution >= 0.6 is 11.6 Å². The second kappa shape index (κ2) is 6.80. The molecule has 1 aromatic rings. The lowest BCUT2D eigenvalue weighted by molar-refractivity contribution is -0.137. The van der Waals surface area contributed by atoms with E-state index in [-0.39, 0.29) is 10.9 Å². The number of hydrogen-bond acceptors (Lipinski definition) is 3. The molecule has 0 saturated heterocycles. The van der Waals surface area contributed by atoms with Gasteiger partial charge in [-0.15, -0.1) is 0 Å². The van der Waals surface area contributed by atoms with Crippen LogP contribution in [-0.2, 0) is 6.18 Å². The number of ether oxygens (including phenoxy) is 1. The van der Waals surface area contributed by atoms with Gasteiger partial charge >= 0.3 is 6.18 Å². The van der Waals surface area contributed by atoms with Crippen LogP contribution < -0.4 is 10.1 Å². The lowest BCUT2D eigenvalue weighted by Crippen LogP contribution is -2.22. The molecule has 0 unspecified atom stereocenters. The van der Waals surface area contributed by atoms with Crippen LogP contribution in [-0.4, -0.2) is 24.7 Å². The first kappa shape index (κ1) is 15.0. The van der Waals surface area contributed by atoms with Crippen molar-refractivity contribution in [1.29, 1.82) is 0 Å². The zero-order chi connectivity index (χ0) is 13.6. The van der Waals surface area contributed by atoms with E-state index in [0.717, 1.165) is 19.0 Å². The highest BCUT2D eigenvalue weighted by atomic mass is 35.5. The fourth-order valence-corrected chi connectivity index (χ4v) is 1.43. The molecule has 7 heteroatoms. The first-order valence-corrected chi connectivity index (χ1v) is 5.89. The average Bonchev–Trinajstić information content (AvgIpc) is 2.29. The van der Waals surface area contributed by atoms with E-state index in [1.54, 1.807) is 0 Å². The van der Waals surface area contributed by atoms with E-state index in [1.807, 2.05) is 6.92 Å². The Bertz CT molecular complexity index is 385. The van der Waals surface area contributed by atoms with Gasteiger partial charge in [-0.3, -0.25) is 0 Å². The van der Waals surface area contributed by atoms with Crippen molar-refractivity contribution >= 4 is 11.6 Å². The maximum atomic E-state index is 12.3. The SMILES string of the molecule is CCCNCCOc1ncc(C(F)(F)F)cc1Cl. The second-order valence-corrected chi connectivity index (χ2v) is 4.01. The third-order valence-corrected chi connectivity index (χ3v) is 2.35. The highest BCUT2D eigenvalue weighted by molar-refractivity contribution is 6.31. The number of aromatic nitrogens is 1. The molecular weight excluding hydrogens is 269 g/mol. The van der Waals surface area contributed by atoms with Crippen molar-refractivity contribution in [2.75, 3.05) is 19.7 Å². The highest BCUT2D eigenvalue weighted by Gasteiger charge is 2.31. The largest absolute Gasteiger partial charge is 0.475 e. The maximum absolute atomic E-state index is 12.3. The van der Waals surface area contributed by atoms with Gasteiger partial charge in [0.15, 0.2) is 0 Å². The van der Waals surface area contributed by atoms with E-state index >= 15 is 0 Å². The number of halogens is 4. The molecule has 0 saturated carbocycles. The Hall–Kier alpha value is -1.01. The normalized spacial score (nSPS) is 11.6. The summed E-state index contributed by atoms with van der Waals surface area (Å²) in [5.41, 5.74) is -0.885. The molecule has 0 amide bonds. The van der Waals surface area contributed by atoms with Crippen molar-refractivity contribution in [3.8, 4) is 5.88 Å². The van der Waals surface area contributed by atoms with Crippen LogP contribution in [0.25, 0.3) is 0 Å². The van der Waals surface area contributed by atoms with E-state index in [2.05, 4.69) is 10.3 Å². The minimum Gasteiger partial charge on any atom is -0.475 e. The minimum absolute atomic E-state index is 0.0166. The third-order valence-electron chi connectivity index (χ3n) is 2.08. The molecule has 1 rings (SSSR count). The predicted octanol–water partition coefficient (Wildman–Crippen LogP) is 3.13. The summed E-state index contributed by atoms with van der Waals surface area (Å²) < 4.78 is 42.2. The molecule has 1 heterocycles. The Balaban J connectivity index is 2.53. The number of hydrogen-bond donors (Lipinski definition) is 1. The highest BCUT2D eigenvalue weighted by Crippen LogP contribution is 2.32. The number of alkyl halides is 3. The van der Waals surface area contributed by atoms with Crippen molar-refractivity contribution in [3.63, 3.8) is 0 Å². The molecular formula is C11H14ClF3N2O. The van der Waals surface area contributed by atoms with Crippen molar-refractivity contribution in [2.45, 2.75) is 19.5 Å². The summed E-state index contributed by atoms with van der Waals surface area (Å²) in [5.74, 6) is 0.0166. The molecule has 0 aliphatic carbocycles. The summed E-state index contributed by atoms with van der Waals surface area (Å²) in [6, 6.07) is 0.809. The predicted molar refractivity (Wildman–Crippen MR) is 62.9 cm³/mol. The molecule has 1 N–H and O–H groups in total. The van der Waals surface area contributed by atoms with Crippen LogP contribution in [0, 0.1) is 0 Å². The van der Waals surface area contributed by atoms with E-state index in [4.69, 9.17) is 16.3 Å². The molecule has 1 aromatic heterocycles. The Labute approximate surface area is 108 Å². The zero-order valence-electron chi connectivity index (χ0n) is 9.85. The fraction of sp³-hybridized carbons (Fsp3) is 0.545. The molecule has 0 aromatic carbocycles. The summed E-state index contributed by atoms with van der Waals surface area (Å²) in [4.78, 5) is 3.56. The van der Waals surface area contributed by atoms with Gasteiger partial charge in [-0.05, 0) is 19.0 Å². The number of nitrogens with one attached hydrogen (secondary N) is 1. The third kappa shape index (κ3) is 4.70. The van der Waals surface area contributed by atoms with Gasteiger partial charge in [0.05, 0.1) is 5.56 Å². The second-order valence-electron chi connectivity index (χ2n) is 3.61. The maximum Gasteiger partial charge on any atom is 0.417 e. The van der Waals surface area contributed by atoms with E-state index in [1.165, 1.54) is 0 Å². The van der Waals surface area contributed by atoms with Crippen LogP contribution in [0.5, 0.6) is 5.88 Å². The van der Waals surface area contributed by atoms with Gasteiger partial charge in [0.1, 0.15) is 11.6 Å². The monoisotopic (exact) mass is 282 g/mol. The van der Waals surface area contributed by atoms with Gasteiger partial charge in [-0.2, -0.15) is 13.2 Å². The minimum atomic E-state index is -4.45. The lowest BCUT2D eigenvalue weighted by Gasteiger charge is -2.10. The van der Waals surface area contributed by atoms with Gasteiger partial charge in [0.2, 0.25) is 5.88 Å². The van der Waals surface area contributed by atoms with E-state index in [0.29, 0.717) is 19.3 Å². The van der Waals surface area contributed by atoms with Crippen molar-refractivity contribution in [1.82, 2.24) is 10.3 Å². The molecule has 0 bridgehead atoms. The van der Waals surface area contributed by atoms with Crippen molar-refractivity contribution in [2.24, 2.45) is 0 Å². The Kier molecular flexibility index (Phi) is 5.68. The fourth-order valence-electron chi connectivity index (χ4n) is 1.21. The molecule has 0 radical (unpaired) electrons. The van der Waals surface area contributed by atoms with Crippen molar-refractivity contribution in [3.05, 3.63) is 22.8 Å². The molecule has 3 nitrogen and oxygen atoms in total. The van der Waals surface area contributed by atoms with Gasteiger partial charge in [-0.25, -0.2) is 4.98 Å². The van der Waals surface area contributed by atoms with E-state index in [9.17, 15) is 13.2 Å². The standard InChI is InChI=1S/C11H14ClF3N2O/c1-2-3-16-4-5-18-10-9(12)6-8(7-17-10)11(13,14)15/h6-7,16H,2-5H2,1H3. The molecule has 0 aliphatic heterocycles. The summed E-state index contributed by atoms with van der Waals surface area (Å²) in [7, 11) is 0. The van der Waals surface area contributed by atoms with Crippen LogP contribution in [0.15, 0.2) is 12.3 Å². The molecule has 0 fully saturated rings. The summed E-state index contributed by atoms with van der Waals surface area (Å²) in [5, 5.41) is 2.95. The summed E-state index contributed by atoms with van der Waals surface area (Å²) in [6.07, 6.45) is -2.74. The quantitative estimate of drug-likeness (QED) is 0.814. The topological polar surface area (TPSA) is 34.1 Å². The van der Waals surface area contributed by atoms with E-state index < -0.39 is 11.7 Å². The molecule has 18 heavy (non-hydrogen) atoms.